The van der Waals surface area contributed by atoms with E-state index in [1.165, 1.54) is 81.3 Å². The molecule has 0 aliphatic heterocycles. The zero-order chi connectivity index (χ0) is 20.5. The van der Waals surface area contributed by atoms with E-state index in [0.717, 1.165) is 6.54 Å². The van der Waals surface area contributed by atoms with Gasteiger partial charge >= 0.3 is 0 Å². The van der Waals surface area contributed by atoms with Gasteiger partial charge in [-0.1, -0.05) is 55.2 Å². The average molecular weight is 377 g/mol. The highest BCUT2D eigenvalue weighted by Crippen LogP contribution is 2.11. The molecule has 0 fully saturated rings. The Morgan fingerprint density at radius 1 is 0.852 bits per heavy atom. The molecule has 0 aromatic carbocycles. The van der Waals surface area contributed by atoms with Gasteiger partial charge in [0, 0.05) is 12.6 Å². The third kappa shape index (κ3) is 17.0. The maximum atomic E-state index is 3.66. The number of hydrogen-bond donors (Lipinski definition) is 1. The molecule has 0 aliphatic carbocycles. The Morgan fingerprint density at radius 2 is 1.44 bits per heavy atom. The van der Waals surface area contributed by atoms with Crippen molar-refractivity contribution in [2.75, 3.05) is 26.2 Å². The van der Waals surface area contributed by atoms with Gasteiger partial charge in [-0.15, -0.1) is 0 Å². The molecule has 0 saturated heterocycles. The van der Waals surface area contributed by atoms with Crippen molar-refractivity contribution in [3.8, 4) is 0 Å². The van der Waals surface area contributed by atoms with Crippen molar-refractivity contribution in [2.45, 2.75) is 99.5 Å². The number of nitrogens with zero attached hydrogens (tertiary/aromatic N) is 1. The molecule has 0 spiro atoms. The van der Waals surface area contributed by atoms with E-state index >= 15 is 0 Å². The van der Waals surface area contributed by atoms with Crippen LogP contribution >= 0.6 is 0 Å². The van der Waals surface area contributed by atoms with Gasteiger partial charge in [0.05, 0.1) is 0 Å². The maximum absolute atomic E-state index is 3.66. The van der Waals surface area contributed by atoms with Crippen molar-refractivity contribution in [2.24, 2.45) is 0 Å². The maximum Gasteiger partial charge on any atom is 0.0139 e. The number of hydrogen-bond acceptors (Lipinski definition) is 2. The van der Waals surface area contributed by atoms with Crippen LogP contribution in [0.25, 0.3) is 0 Å². The van der Waals surface area contributed by atoms with Crippen LogP contribution in [0.5, 0.6) is 0 Å². The molecule has 1 unspecified atom stereocenters. The van der Waals surface area contributed by atoms with E-state index in [2.05, 4.69) is 76.9 Å². The van der Waals surface area contributed by atoms with Crippen LogP contribution in [-0.2, 0) is 0 Å². The van der Waals surface area contributed by atoms with E-state index in [-0.39, 0.29) is 0 Å². The lowest BCUT2D eigenvalue weighted by molar-refractivity contribution is 0.293. The van der Waals surface area contributed by atoms with E-state index in [9.17, 15) is 0 Å². The molecule has 0 heterocycles. The molecule has 0 radical (unpaired) electrons. The third-order valence-electron chi connectivity index (χ3n) is 5.30. The molecule has 1 atom stereocenters. The van der Waals surface area contributed by atoms with Gasteiger partial charge in [0.1, 0.15) is 0 Å². The van der Waals surface area contributed by atoms with E-state index in [1.807, 2.05) is 0 Å². The van der Waals surface area contributed by atoms with Crippen molar-refractivity contribution in [3.05, 3.63) is 34.9 Å². The highest BCUT2D eigenvalue weighted by atomic mass is 15.1. The first-order chi connectivity index (χ1) is 12.9. The van der Waals surface area contributed by atoms with Crippen molar-refractivity contribution >= 4 is 0 Å². The smallest absolute Gasteiger partial charge is 0.0139 e. The second-order valence-corrected chi connectivity index (χ2v) is 8.29. The fourth-order valence-electron chi connectivity index (χ4n) is 3.20. The molecule has 0 rings (SSSR count). The summed E-state index contributed by atoms with van der Waals surface area (Å²) < 4.78 is 0. The first kappa shape index (κ1) is 26.1. The van der Waals surface area contributed by atoms with Gasteiger partial charge in [-0.25, -0.2) is 0 Å². The molecule has 0 aromatic rings. The van der Waals surface area contributed by atoms with Crippen LogP contribution in [0.1, 0.15) is 93.4 Å². The highest BCUT2D eigenvalue weighted by Gasteiger charge is 2.02. The van der Waals surface area contributed by atoms with Gasteiger partial charge in [-0.05, 0) is 92.8 Å². The summed E-state index contributed by atoms with van der Waals surface area (Å²) in [7, 11) is 0. The normalized spacial score (nSPS) is 13.9. The fraction of sp³-hybridized carbons (Fsp3) is 0.760. The van der Waals surface area contributed by atoms with E-state index < -0.39 is 0 Å². The van der Waals surface area contributed by atoms with Crippen LogP contribution in [0.2, 0.25) is 0 Å². The van der Waals surface area contributed by atoms with Gasteiger partial charge in [-0.3, -0.25) is 0 Å². The molecule has 0 saturated carbocycles. The molecule has 158 valence electrons. The zero-order valence-electron chi connectivity index (χ0n) is 19.5. The average Bonchev–Trinajstić information content (AvgIpc) is 2.61. The molecule has 0 aliphatic rings. The number of allylic oxidation sites excluding steroid dienone is 5. The topological polar surface area (TPSA) is 15.3 Å². The summed E-state index contributed by atoms with van der Waals surface area (Å²) in [5, 5.41) is 3.66. The summed E-state index contributed by atoms with van der Waals surface area (Å²) in [6.07, 6.45) is 15.8. The van der Waals surface area contributed by atoms with Crippen LogP contribution in [-0.4, -0.2) is 37.1 Å². The number of unbranched alkanes of at least 4 members (excludes halogenated alkanes) is 1. The van der Waals surface area contributed by atoms with Gasteiger partial charge in [0.2, 0.25) is 0 Å². The molecule has 2 nitrogen and oxygen atoms in total. The Labute approximate surface area is 171 Å². The first-order valence-electron chi connectivity index (χ1n) is 11.3. The Morgan fingerprint density at radius 3 is 2.04 bits per heavy atom. The summed E-state index contributed by atoms with van der Waals surface area (Å²) in [5.74, 6) is 0. The van der Waals surface area contributed by atoms with Crippen molar-refractivity contribution in [1.29, 1.82) is 0 Å². The van der Waals surface area contributed by atoms with Gasteiger partial charge in [-0.2, -0.15) is 0 Å². The van der Waals surface area contributed by atoms with Crippen LogP contribution < -0.4 is 5.32 Å². The predicted molar refractivity (Wildman–Crippen MR) is 125 cm³/mol. The summed E-state index contributed by atoms with van der Waals surface area (Å²) in [6.45, 7) is 20.3. The Hall–Kier alpha value is -0.860. The highest BCUT2D eigenvalue weighted by molar-refractivity contribution is 5.05. The summed E-state index contributed by atoms with van der Waals surface area (Å²) in [4.78, 5) is 2.52. The minimum Gasteiger partial charge on any atom is -0.311 e. The van der Waals surface area contributed by atoms with Crippen molar-refractivity contribution in [1.82, 2.24) is 10.2 Å². The molecule has 0 amide bonds. The molecule has 27 heavy (non-hydrogen) atoms. The Kier molecular flexibility index (Phi) is 16.7. The first-order valence-corrected chi connectivity index (χ1v) is 11.3. The minimum atomic E-state index is 0.614. The lowest BCUT2D eigenvalue weighted by atomic mass is 10.1. The minimum absolute atomic E-state index is 0.614. The SMILES string of the molecule is CCN(CC)CCCCC(C)NCC=C(C)CCC=C(C)CCC=C(C)C. The van der Waals surface area contributed by atoms with Crippen LogP contribution in [0, 0.1) is 0 Å². The van der Waals surface area contributed by atoms with Crippen molar-refractivity contribution < 1.29 is 0 Å². The largest absolute Gasteiger partial charge is 0.311 e. The predicted octanol–water partition coefficient (Wildman–Crippen LogP) is 6.90. The zero-order valence-corrected chi connectivity index (χ0v) is 19.5. The van der Waals surface area contributed by atoms with Crippen LogP contribution in [0.15, 0.2) is 34.9 Å². The van der Waals surface area contributed by atoms with Gasteiger partial charge < -0.3 is 10.2 Å². The van der Waals surface area contributed by atoms with Crippen molar-refractivity contribution in [3.63, 3.8) is 0 Å². The number of rotatable bonds is 16. The lowest BCUT2D eigenvalue weighted by Crippen LogP contribution is -2.27. The molecule has 1 N–H and O–H groups in total. The summed E-state index contributed by atoms with van der Waals surface area (Å²) in [5.41, 5.74) is 4.45. The van der Waals surface area contributed by atoms with E-state index in [0.29, 0.717) is 6.04 Å². The van der Waals surface area contributed by atoms with E-state index in [4.69, 9.17) is 0 Å². The second-order valence-electron chi connectivity index (χ2n) is 8.29. The Balaban J connectivity index is 3.83. The number of nitrogens with one attached hydrogen (secondary N) is 1. The molecular weight excluding hydrogens is 328 g/mol. The van der Waals surface area contributed by atoms with Gasteiger partial charge in [0.15, 0.2) is 0 Å². The fourth-order valence-corrected chi connectivity index (χ4v) is 3.20. The standard InChI is InChI=1S/C25H48N2/c1-8-27(9-2)21-11-10-18-25(7)26-20-19-24(6)17-13-16-23(5)15-12-14-22(3)4/h14,16,19,25-26H,8-13,15,17-18,20-21H2,1-7H3. The summed E-state index contributed by atoms with van der Waals surface area (Å²) in [6, 6.07) is 0.614. The monoisotopic (exact) mass is 376 g/mol. The molecule has 0 aromatic heterocycles. The molecule has 0 bridgehead atoms. The van der Waals surface area contributed by atoms with Crippen LogP contribution in [0.3, 0.4) is 0 Å². The quantitative estimate of drug-likeness (QED) is 0.233. The molecular formula is C25H48N2. The Bertz CT molecular complexity index is 437. The molecule has 2 heteroatoms. The van der Waals surface area contributed by atoms with Crippen LogP contribution in [0.4, 0.5) is 0 Å². The second kappa shape index (κ2) is 17.3. The third-order valence-corrected chi connectivity index (χ3v) is 5.30. The summed E-state index contributed by atoms with van der Waals surface area (Å²) >= 11 is 0. The lowest BCUT2D eigenvalue weighted by Gasteiger charge is -2.18. The van der Waals surface area contributed by atoms with E-state index in [1.54, 1.807) is 0 Å². The van der Waals surface area contributed by atoms with Gasteiger partial charge in [0.25, 0.3) is 0 Å².